The fraction of sp³-hybridized carbons (Fsp3) is 0.875. The van der Waals surface area contributed by atoms with E-state index < -0.39 is 43.2 Å². The summed E-state index contributed by atoms with van der Waals surface area (Å²) in [7, 11) is 0. The van der Waals surface area contributed by atoms with Crippen LogP contribution in [0.1, 0.15) is 0 Å². The van der Waals surface area contributed by atoms with Crippen molar-refractivity contribution in [1.82, 2.24) is 0 Å². The van der Waals surface area contributed by atoms with Crippen LogP contribution in [0.25, 0.3) is 0 Å². The van der Waals surface area contributed by atoms with Crippen LogP contribution >= 0.6 is 0 Å². The van der Waals surface area contributed by atoms with Crippen molar-refractivity contribution in [3.05, 3.63) is 0 Å². The molecule has 0 aromatic carbocycles. The highest BCUT2D eigenvalue weighted by atomic mass is 16.4. The Balaban J connectivity index is 4.47. The van der Waals surface area contributed by atoms with Gasteiger partial charge >= 0.3 is 0 Å². The van der Waals surface area contributed by atoms with Crippen LogP contribution in [0.4, 0.5) is 0 Å². The van der Waals surface area contributed by atoms with Gasteiger partial charge in [-0.2, -0.15) is 0 Å². The third kappa shape index (κ3) is 3.76. The van der Waals surface area contributed by atoms with E-state index in [1.54, 1.807) is 0 Å². The van der Waals surface area contributed by atoms with Crippen molar-refractivity contribution in [1.29, 1.82) is 0 Å². The average Bonchev–Trinajstić information content (AvgIpc) is 2.32. The van der Waals surface area contributed by atoms with Crippen LogP contribution in [0.3, 0.4) is 0 Å². The molecular formula is C8H16O8. The van der Waals surface area contributed by atoms with Gasteiger partial charge in [0.2, 0.25) is 0 Å². The molecule has 8 heteroatoms. The van der Waals surface area contributed by atoms with E-state index in [9.17, 15) is 15.0 Å². The van der Waals surface area contributed by atoms with Gasteiger partial charge in [-0.1, -0.05) is 0 Å². The second-order valence-electron chi connectivity index (χ2n) is 3.34. The lowest BCUT2D eigenvalue weighted by atomic mass is 9.97. The van der Waals surface area contributed by atoms with Gasteiger partial charge in [0, 0.05) is 0 Å². The number of hydrogen-bond acceptors (Lipinski definition) is 8. The molecule has 7 N–H and O–H groups in total. The minimum absolute atomic E-state index is 0.0601. The summed E-state index contributed by atoms with van der Waals surface area (Å²) in [6.07, 6.45) is -11.7. The summed E-state index contributed by atoms with van der Waals surface area (Å²) in [4.78, 5) is 10.1. The molecule has 0 saturated heterocycles. The van der Waals surface area contributed by atoms with Gasteiger partial charge < -0.3 is 40.5 Å². The Morgan fingerprint density at radius 2 is 1.25 bits per heavy atom. The lowest BCUT2D eigenvalue weighted by Crippen LogP contribution is -2.53. The first-order valence-corrected chi connectivity index (χ1v) is 4.51. The number of aliphatic hydroxyl groups is 7. The van der Waals surface area contributed by atoms with E-state index in [1.165, 1.54) is 0 Å². The van der Waals surface area contributed by atoms with Gasteiger partial charge in [0.05, 0.1) is 6.61 Å². The molecule has 0 heterocycles. The third-order valence-electron chi connectivity index (χ3n) is 2.12. The van der Waals surface area contributed by atoms with Crippen LogP contribution in [-0.4, -0.2) is 85.3 Å². The van der Waals surface area contributed by atoms with Gasteiger partial charge in [0.25, 0.3) is 0 Å². The fourth-order valence-corrected chi connectivity index (χ4v) is 1.02. The Kier molecular flexibility index (Phi) is 6.60. The first kappa shape index (κ1) is 15.4. The minimum Gasteiger partial charge on any atom is -0.394 e. The van der Waals surface area contributed by atoms with Crippen LogP contribution in [0.2, 0.25) is 0 Å². The molecule has 16 heavy (non-hydrogen) atoms. The Bertz CT molecular complexity index is 210. The molecule has 0 amide bonds. The Morgan fingerprint density at radius 3 is 1.62 bits per heavy atom. The number of carbonyl (C=O) groups is 1. The summed E-state index contributed by atoms with van der Waals surface area (Å²) >= 11 is 0. The molecule has 0 aromatic rings. The summed E-state index contributed by atoms with van der Waals surface area (Å²) < 4.78 is 0. The van der Waals surface area contributed by atoms with E-state index in [0.717, 1.165) is 0 Å². The fourth-order valence-electron chi connectivity index (χ4n) is 1.02. The SMILES string of the molecule is O=C[C@@H](O)[C@H](O)[C@H](O)C(O)C(O)C(O)CO. The van der Waals surface area contributed by atoms with Gasteiger partial charge in [-0.15, -0.1) is 0 Å². The highest BCUT2D eigenvalue weighted by Crippen LogP contribution is 2.10. The number of carbonyl (C=O) groups excluding carboxylic acids is 1. The molecule has 0 saturated carbocycles. The van der Waals surface area contributed by atoms with E-state index in [4.69, 9.17) is 25.5 Å². The standard InChI is InChI=1S/C8H16O8/c9-1-3(11)5(13)7(15)8(16)6(14)4(12)2-10/h1,3-8,10-16H,2H2/t3-,4?,5+,6?,7+,8?/m1/s1. The van der Waals surface area contributed by atoms with Gasteiger partial charge in [-0.25, -0.2) is 0 Å². The molecule has 0 bridgehead atoms. The topological polar surface area (TPSA) is 159 Å². The molecule has 0 aliphatic carbocycles. The first-order chi connectivity index (χ1) is 7.36. The third-order valence-corrected chi connectivity index (χ3v) is 2.12. The number of hydrogen-bond donors (Lipinski definition) is 7. The Morgan fingerprint density at radius 1 is 0.812 bits per heavy atom. The highest BCUT2D eigenvalue weighted by molar-refractivity contribution is 5.56. The average molecular weight is 240 g/mol. The number of aliphatic hydroxyl groups excluding tert-OH is 7. The van der Waals surface area contributed by atoms with Crippen molar-refractivity contribution < 1.29 is 40.5 Å². The smallest absolute Gasteiger partial charge is 0.151 e. The molecule has 0 aliphatic heterocycles. The molecule has 0 radical (unpaired) electrons. The molecule has 0 fully saturated rings. The molecule has 0 spiro atoms. The summed E-state index contributed by atoms with van der Waals surface area (Å²) in [6.45, 7) is -0.864. The van der Waals surface area contributed by atoms with Crippen LogP contribution in [0.5, 0.6) is 0 Å². The first-order valence-electron chi connectivity index (χ1n) is 4.51. The molecular weight excluding hydrogens is 224 g/mol. The molecule has 96 valence electrons. The summed E-state index contributed by atoms with van der Waals surface area (Å²) in [5.74, 6) is 0. The van der Waals surface area contributed by atoms with Crippen molar-refractivity contribution in [2.45, 2.75) is 36.6 Å². The van der Waals surface area contributed by atoms with Crippen molar-refractivity contribution in [2.75, 3.05) is 6.61 Å². The number of aldehydes is 1. The van der Waals surface area contributed by atoms with Gasteiger partial charge in [0.1, 0.15) is 36.6 Å². The predicted octanol–water partition coefficient (Wildman–Crippen LogP) is -4.66. The zero-order valence-corrected chi connectivity index (χ0v) is 8.29. The second kappa shape index (κ2) is 6.86. The lowest BCUT2D eigenvalue weighted by molar-refractivity contribution is -0.159. The molecule has 0 rings (SSSR count). The summed E-state index contributed by atoms with van der Waals surface area (Å²) in [5, 5.41) is 63.0. The van der Waals surface area contributed by atoms with Crippen molar-refractivity contribution in [2.24, 2.45) is 0 Å². The largest absolute Gasteiger partial charge is 0.394 e. The summed E-state index contributed by atoms with van der Waals surface area (Å²) in [6, 6.07) is 0. The van der Waals surface area contributed by atoms with Crippen LogP contribution in [0, 0.1) is 0 Å². The molecule has 0 aromatic heterocycles. The summed E-state index contributed by atoms with van der Waals surface area (Å²) in [5.41, 5.74) is 0. The maximum absolute atomic E-state index is 10.1. The zero-order valence-electron chi connectivity index (χ0n) is 8.29. The normalized spacial score (nSPS) is 22.9. The maximum Gasteiger partial charge on any atom is 0.151 e. The van der Waals surface area contributed by atoms with Crippen molar-refractivity contribution in [3.8, 4) is 0 Å². The maximum atomic E-state index is 10.1. The van der Waals surface area contributed by atoms with Crippen molar-refractivity contribution >= 4 is 6.29 Å². The lowest BCUT2D eigenvalue weighted by Gasteiger charge is -2.29. The van der Waals surface area contributed by atoms with E-state index in [1.807, 2.05) is 0 Å². The van der Waals surface area contributed by atoms with Gasteiger partial charge in [0.15, 0.2) is 6.29 Å². The highest BCUT2D eigenvalue weighted by Gasteiger charge is 2.36. The van der Waals surface area contributed by atoms with E-state index in [-0.39, 0.29) is 6.29 Å². The monoisotopic (exact) mass is 240 g/mol. The Labute approximate surface area is 91.0 Å². The molecule has 3 unspecified atom stereocenters. The predicted molar refractivity (Wildman–Crippen MR) is 49.2 cm³/mol. The Hall–Kier alpha value is -0.610. The van der Waals surface area contributed by atoms with Gasteiger partial charge in [-0.05, 0) is 0 Å². The number of rotatable bonds is 7. The van der Waals surface area contributed by atoms with Crippen molar-refractivity contribution in [3.63, 3.8) is 0 Å². The molecule has 8 nitrogen and oxygen atoms in total. The zero-order chi connectivity index (χ0) is 12.9. The second-order valence-corrected chi connectivity index (χ2v) is 3.34. The van der Waals surface area contributed by atoms with Crippen LogP contribution in [0.15, 0.2) is 0 Å². The minimum atomic E-state index is -2.05. The quantitative estimate of drug-likeness (QED) is 0.219. The molecule has 0 aliphatic rings. The molecule has 6 atom stereocenters. The van der Waals surface area contributed by atoms with Crippen LogP contribution in [-0.2, 0) is 4.79 Å². The van der Waals surface area contributed by atoms with E-state index in [2.05, 4.69) is 0 Å². The van der Waals surface area contributed by atoms with Crippen LogP contribution < -0.4 is 0 Å². The van der Waals surface area contributed by atoms with E-state index in [0.29, 0.717) is 0 Å². The van der Waals surface area contributed by atoms with Gasteiger partial charge in [-0.3, -0.25) is 0 Å². The van der Waals surface area contributed by atoms with E-state index >= 15 is 0 Å².